The van der Waals surface area contributed by atoms with Crippen LogP contribution in [0.15, 0.2) is 29.4 Å². The predicted molar refractivity (Wildman–Crippen MR) is 98.4 cm³/mol. The molecule has 1 saturated heterocycles. The van der Waals surface area contributed by atoms with Gasteiger partial charge in [-0.1, -0.05) is 5.57 Å². The Hall–Kier alpha value is -1.43. The molecule has 0 unspecified atom stereocenters. The Morgan fingerprint density at radius 3 is 2.92 bits per heavy atom. The van der Waals surface area contributed by atoms with E-state index in [4.69, 9.17) is 9.72 Å². The topological polar surface area (TPSA) is 30.3 Å². The van der Waals surface area contributed by atoms with Gasteiger partial charge in [0.1, 0.15) is 5.82 Å². The number of aromatic nitrogens is 2. The summed E-state index contributed by atoms with van der Waals surface area (Å²) < 4.78 is 7.83. The second-order valence-electron chi connectivity index (χ2n) is 6.49. The van der Waals surface area contributed by atoms with E-state index in [-0.39, 0.29) is 0 Å². The van der Waals surface area contributed by atoms with Gasteiger partial charge in [0, 0.05) is 55.6 Å². The lowest BCUT2D eigenvalue weighted by Gasteiger charge is -2.29. The van der Waals surface area contributed by atoms with E-state index in [2.05, 4.69) is 34.0 Å². The summed E-state index contributed by atoms with van der Waals surface area (Å²) in [5.74, 6) is 1.17. The number of piperidine rings is 1. The van der Waals surface area contributed by atoms with E-state index in [1.165, 1.54) is 21.8 Å². The number of fused-ring (bicyclic) bond motifs is 2. The Kier molecular flexibility index (Phi) is 4.83. The summed E-state index contributed by atoms with van der Waals surface area (Å²) >= 11 is 1.88. The van der Waals surface area contributed by atoms with Gasteiger partial charge in [-0.15, -0.1) is 11.3 Å². The van der Waals surface area contributed by atoms with Crippen LogP contribution in [-0.4, -0.2) is 47.3 Å². The zero-order valence-electron chi connectivity index (χ0n) is 14.3. The number of thiophene rings is 1. The van der Waals surface area contributed by atoms with Gasteiger partial charge in [-0.25, -0.2) is 4.98 Å². The van der Waals surface area contributed by atoms with Gasteiger partial charge in [-0.05, 0) is 43.2 Å². The molecule has 5 heteroatoms. The Morgan fingerprint density at radius 1 is 1.21 bits per heavy atom. The van der Waals surface area contributed by atoms with E-state index in [0.717, 1.165) is 58.7 Å². The molecule has 2 aliphatic rings. The SMILES string of the molecule is CCOCCN1CCC(=C2c3sccc3CCn3ccnc32)CC1. The maximum absolute atomic E-state index is 5.50. The summed E-state index contributed by atoms with van der Waals surface area (Å²) in [7, 11) is 0. The summed E-state index contributed by atoms with van der Waals surface area (Å²) in [6.07, 6.45) is 7.48. The molecule has 0 amide bonds. The van der Waals surface area contributed by atoms with Crippen molar-refractivity contribution in [1.29, 1.82) is 0 Å². The van der Waals surface area contributed by atoms with Crippen LogP contribution in [0.2, 0.25) is 0 Å². The second kappa shape index (κ2) is 7.21. The minimum Gasteiger partial charge on any atom is -0.380 e. The molecule has 2 aromatic rings. The first-order valence-electron chi connectivity index (χ1n) is 8.97. The molecule has 0 radical (unpaired) electrons. The van der Waals surface area contributed by atoms with Crippen LogP contribution >= 0.6 is 11.3 Å². The molecule has 4 nitrogen and oxygen atoms in total. The van der Waals surface area contributed by atoms with Gasteiger partial charge in [0.15, 0.2) is 0 Å². The lowest BCUT2D eigenvalue weighted by atomic mass is 9.95. The molecule has 2 aromatic heterocycles. The maximum atomic E-state index is 5.50. The third-order valence-corrected chi connectivity index (χ3v) is 6.08. The molecular weight excluding hydrogens is 318 g/mol. The lowest BCUT2D eigenvalue weighted by molar-refractivity contribution is 0.110. The third kappa shape index (κ3) is 3.08. The number of likely N-dealkylation sites (tertiary alicyclic amines) is 1. The smallest absolute Gasteiger partial charge is 0.141 e. The zero-order chi connectivity index (χ0) is 16.4. The van der Waals surface area contributed by atoms with Crippen molar-refractivity contribution in [3.63, 3.8) is 0 Å². The fourth-order valence-corrected chi connectivity index (χ4v) is 4.81. The molecule has 0 aliphatic carbocycles. The van der Waals surface area contributed by atoms with Crippen LogP contribution in [0.3, 0.4) is 0 Å². The van der Waals surface area contributed by atoms with Crippen molar-refractivity contribution in [1.82, 2.24) is 14.5 Å². The van der Waals surface area contributed by atoms with Crippen LogP contribution in [0.5, 0.6) is 0 Å². The molecule has 0 spiro atoms. The standard InChI is InChI=1S/C19H25N3OS/c1-2-23-13-12-21-8-3-15(4-9-21)17-18-16(6-14-24-18)5-10-22-11-7-20-19(17)22/h6-7,11,14H,2-5,8-10,12-13H2,1H3. The van der Waals surface area contributed by atoms with Gasteiger partial charge >= 0.3 is 0 Å². The molecule has 128 valence electrons. The first-order chi connectivity index (χ1) is 11.9. The highest BCUT2D eigenvalue weighted by molar-refractivity contribution is 7.11. The van der Waals surface area contributed by atoms with Crippen molar-refractivity contribution in [2.24, 2.45) is 0 Å². The maximum Gasteiger partial charge on any atom is 0.141 e. The largest absolute Gasteiger partial charge is 0.380 e. The molecule has 4 rings (SSSR count). The number of nitrogens with zero attached hydrogens (tertiary/aromatic N) is 3. The molecule has 1 fully saturated rings. The summed E-state index contributed by atoms with van der Waals surface area (Å²) in [4.78, 5) is 8.69. The van der Waals surface area contributed by atoms with E-state index in [0.29, 0.717) is 0 Å². The van der Waals surface area contributed by atoms with E-state index < -0.39 is 0 Å². The second-order valence-corrected chi connectivity index (χ2v) is 7.40. The molecule has 0 saturated carbocycles. The van der Waals surface area contributed by atoms with Crippen molar-refractivity contribution in [2.45, 2.75) is 32.7 Å². The van der Waals surface area contributed by atoms with E-state index in [1.54, 1.807) is 5.57 Å². The van der Waals surface area contributed by atoms with Crippen molar-refractivity contribution in [2.75, 3.05) is 32.8 Å². The molecule has 24 heavy (non-hydrogen) atoms. The Bertz CT molecular complexity index is 676. The first-order valence-corrected chi connectivity index (χ1v) is 9.85. The summed E-state index contributed by atoms with van der Waals surface area (Å²) in [6.45, 7) is 8.08. The average Bonchev–Trinajstić information content (AvgIpc) is 3.23. The minimum atomic E-state index is 0.812. The highest BCUT2D eigenvalue weighted by Crippen LogP contribution is 2.38. The highest BCUT2D eigenvalue weighted by Gasteiger charge is 2.25. The first kappa shape index (κ1) is 16.1. The van der Waals surface area contributed by atoms with Gasteiger partial charge in [-0.3, -0.25) is 0 Å². The lowest BCUT2D eigenvalue weighted by Crippen LogP contribution is -2.34. The van der Waals surface area contributed by atoms with Gasteiger partial charge in [0.25, 0.3) is 0 Å². The Balaban J connectivity index is 1.60. The summed E-state index contributed by atoms with van der Waals surface area (Å²) in [6, 6.07) is 2.30. The predicted octanol–water partition coefficient (Wildman–Crippen LogP) is 3.43. The van der Waals surface area contributed by atoms with Crippen LogP contribution in [-0.2, 0) is 17.7 Å². The average molecular weight is 343 g/mol. The van der Waals surface area contributed by atoms with E-state index >= 15 is 0 Å². The van der Waals surface area contributed by atoms with Gasteiger partial charge in [-0.2, -0.15) is 0 Å². The van der Waals surface area contributed by atoms with Crippen LogP contribution in [0, 0.1) is 0 Å². The van der Waals surface area contributed by atoms with Crippen molar-refractivity contribution >= 4 is 16.9 Å². The van der Waals surface area contributed by atoms with Crippen LogP contribution in [0.25, 0.3) is 5.57 Å². The molecule has 0 aromatic carbocycles. The van der Waals surface area contributed by atoms with E-state index in [1.807, 2.05) is 17.5 Å². The zero-order valence-corrected chi connectivity index (χ0v) is 15.1. The van der Waals surface area contributed by atoms with Crippen molar-refractivity contribution < 1.29 is 4.74 Å². The normalized spacial score (nSPS) is 18.4. The van der Waals surface area contributed by atoms with Crippen molar-refractivity contribution in [3.05, 3.63) is 45.7 Å². The fraction of sp³-hybridized carbons (Fsp3) is 0.526. The fourth-order valence-electron chi connectivity index (χ4n) is 3.77. The number of hydrogen-bond donors (Lipinski definition) is 0. The van der Waals surface area contributed by atoms with Crippen LogP contribution in [0.4, 0.5) is 0 Å². The third-order valence-electron chi connectivity index (χ3n) is 5.10. The Labute approximate surface area is 147 Å². The number of rotatable bonds is 4. The molecule has 0 atom stereocenters. The van der Waals surface area contributed by atoms with E-state index in [9.17, 15) is 0 Å². The summed E-state index contributed by atoms with van der Waals surface area (Å²) in [5.41, 5.74) is 4.50. The number of hydrogen-bond acceptors (Lipinski definition) is 4. The van der Waals surface area contributed by atoms with Crippen LogP contribution in [0.1, 0.15) is 36.0 Å². The molecule has 0 bridgehead atoms. The molecule has 2 aliphatic heterocycles. The number of aryl methyl sites for hydroxylation is 2. The van der Waals surface area contributed by atoms with Gasteiger partial charge in [0.2, 0.25) is 0 Å². The van der Waals surface area contributed by atoms with Gasteiger partial charge < -0.3 is 14.2 Å². The monoisotopic (exact) mass is 343 g/mol. The number of imidazole rings is 1. The molecular formula is C19H25N3OS. The minimum absolute atomic E-state index is 0.812. The Morgan fingerprint density at radius 2 is 2.08 bits per heavy atom. The van der Waals surface area contributed by atoms with Crippen LogP contribution < -0.4 is 0 Å². The quantitative estimate of drug-likeness (QED) is 0.797. The van der Waals surface area contributed by atoms with Crippen molar-refractivity contribution in [3.8, 4) is 0 Å². The molecule has 4 heterocycles. The summed E-state index contributed by atoms with van der Waals surface area (Å²) in [5, 5.41) is 2.24. The highest BCUT2D eigenvalue weighted by atomic mass is 32.1. The molecule has 0 N–H and O–H groups in total. The number of ether oxygens (including phenoxy) is 1. The van der Waals surface area contributed by atoms with Gasteiger partial charge in [0.05, 0.1) is 6.61 Å².